The number of rotatable bonds is 8. The van der Waals surface area contributed by atoms with Crippen molar-refractivity contribution in [2.45, 2.75) is 46.7 Å². The molecular formula is C22H30N2O4S. The lowest BCUT2D eigenvalue weighted by molar-refractivity contribution is -0.122. The lowest BCUT2D eigenvalue weighted by Gasteiger charge is -2.29. The fourth-order valence-electron chi connectivity index (χ4n) is 3.11. The minimum Gasteiger partial charge on any atom is -0.494 e. The Morgan fingerprint density at radius 1 is 1.07 bits per heavy atom. The number of aryl methyl sites for hydroxylation is 2. The highest BCUT2D eigenvalue weighted by atomic mass is 32.2. The van der Waals surface area contributed by atoms with E-state index in [1.807, 2.05) is 58.0 Å². The van der Waals surface area contributed by atoms with Crippen LogP contribution in [0.2, 0.25) is 0 Å². The summed E-state index contributed by atoms with van der Waals surface area (Å²) in [5, 5.41) is 2.91. The van der Waals surface area contributed by atoms with Crippen molar-refractivity contribution < 1.29 is 17.9 Å². The quantitative estimate of drug-likeness (QED) is 0.709. The van der Waals surface area contributed by atoms with Crippen LogP contribution in [0.5, 0.6) is 5.75 Å². The molecule has 29 heavy (non-hydrogen) atoms. The predicted molar refractivity (Wildman–Crippen MR) is 117 cm³/mol. The molecule has 0 fully saturated rings. The molecule has 0 saturated carbocycles. The van der Waals surface area contributed by atoms with Crippen LogP contribution < -0.4 is 14.4 Å². The molecule has 0 radical (unpaired) electrons. The standard InChI is InChI=1S/C22H30N2O4S/c1-7-28-21-12-9-19(10-13-21)17(4)23-22(25)18(5)24(29(6,26)27)20-11-8-15(2)16(3)14-20/h8-14,17-18H,7H2,1-6H3,(H,23,25)/t17-,18+/m1/s1. The van der Waals surface area contributed by atoms with E-state index >= 15 is 0 Å². The van der Waals surface area contributed by atoms with Crippen LogP contribution in [0.15, 0.2) is 42.5 Å². The lowest BCUT2D eigenvalue weighted by Crippen LogP contribution is -2.48. The Morgan fingerprint density at radius 3 is 2.21 bits per heavy atom. The summed E-state index contributed by atoms with van der Waals surface area (Å²) < 4.78 is 31.5. The van der Waals surface area contributed by atoms with Crippen LogP contribution in [0.3, 0.4) is 0 Å². The first-order valence-electron chi connectivity index (χ1n) is 9.64. The fourth-order valence-corrected chi connectivity index (χ4v) is 4.27. The second-order valence-electron chi connectivity index (χ2n) is 7.24. The second kappa shape index (κ2) is 9.31. The van der Waals surface area contributed by atoms with E-state index < -0.39 is 16.1 Å². The first-order valence-corrected chi connectivity index (χ1v) is 11.5. The van der Waals surface area contributed by atoms with Crippen molar-refractivity contribution in [2.24, 2.45) is 0 Å². The monoisotopic (exact) mass is 418 g/mol. The van der Waals surface area contributed by atoms with Crippen LogP contribution in [-0.2, 0) is 14.8 Å². The van der Waals surface area contributed by atoms with E-state index in [0.29, 0.717) is 12.3 Å². The zero-order valence-corrected chi connectivity index (χ0v) is 18.7. The molecule has 0 aromatic heterocycles. The molecule has 0 bridgehead atoms. The number of ether oxygens (including phenoxy) is 1. The van der Waals surface area contributed by atoms with Gasteiger partial charge < -0.3 is 10.1 Å². The minimum atomic E-state index is -3.65. The molecule has 1 amide bonds. The molecular weight excluding hydrogens is 388 g/mol. The van der Waals surface area contributed by atoms with Gasteiger partial charge in [0.05, 0.1) is 24.6 Å². The Bertz CT molecular complexity index is 955. The van der Waals surface area contributed by atoms with Crippen LogP contribution in [0.4, 0.5) is 5.69 Å². The van der Waals surface area contributed by atoms with E-state index in [9.17, 15) is 13.2 Å². The van der Waals surface area contributed by atoms with E-state index in [-0.39, 0.29) is 11.9 Å². The molecule has 0 spiro atoms. The number of hydrogen-bond donors (Lipinski definition) is 1. The Labute approximate surface area is 173 Å². The largest absolute Gasteiger partial charge is 0.494 e. The maximum atomic E-state index is 12.9. The molecule has 0 aliphatic heterocycles. The van der Waals surface area contributed by atoms with Gasteiger partial charge in [-0.1, -0.05) is 18.2 Å². The van der Waals surface area contributed by atoms with E-state index in [2.05, 4.69) is 5.32 Å². The van der Waals surface area contributed by atoms with Gasteiger partial charge in [0.15, 0.2) is 0 Å². The van der Waals surface area contributed by atoms with Gasteiger partial charge in [-0.25, -0.2) is 8.42 Å². The van der Waals surface area contributed by atoms with Crippen molar-refractivity contribution in [3.8, 4) is 5.75 Å². The smallest absolute Gasteiger partial charge is 0.244 e. The summed E-state index contributed by atoms with van der Waals surface area (Å²) in [7, 11) is -3.65. The molecule has 2 aromatic carbocycles. The second-order valence-corrected chi connectivity index (χ2v) is 9.10. The molecule has 0 saturated heterocycles. The van der Waals surface area contributed by atoms with Crippen molar-refractivity contribution in [1.82, 2.24) is 5.32 Å². The summed E-state index contributed by atoms with van der Waals surface area (Å²) in [6.45, 7) is 9.83. The van der Waals surface area contributed by atoms with Crippen LogP contribution in [0, 0.1) is 13.8 Å². The Hall–Kier alpha value is -2.54. The SMILES string of the molecule is CCOc1ccc([C@@H](C)NC(=O)[C@H](C)N(c2ccc(C)c(C)c2)S(C)(=O)=O)cc1. The van der Waals surface area contributed by atoms with Crippen LogP contribution in [0.1, 0.15) is 43.5 Å². The van der Waals surface area contributed by atoms with E-state index in [1.165, 1.54) is 4.31 Å². The average molecular weight is 419 g/mol. The zero-order valence-electron chi connectivity index (χ0n) is 17.9. The molecule has 2 rings (SSSR count). The lowest BCUT2D eigenvalue weighted by atomic mass is 10.1. The number of anilines is 1. The van der Waals surface area contributed by atoms with E-state index in [1.54, 1.807) is 19.1 Å². The third kappa shape index (κ3) is 5.73. The number of hydrogen-bond acceptors (Lipinski definition) is 4. The molecule has 0 heterocycles. The van der Waals surface area contributed by atoms with Crippen molar-refractivity contribution in [3.63, 3.8) is 0 Å². The van der Waals surface area contributed by atoms with Crippen molar-refractivity contribution in [1.29, 1.82) is 0 Å². The molecule has 0 aliphatic carbocycles. The number of nitrogens with one attached hydrogen (secondary N) is 1. The highest BCUT2D eigenvalue weighted by molar-refractivity contribution is 7.92. The summed E-state index contributed by atoms with van der Waals surface area (Å²) in [6.07, 6.45) is 1.11. The first kappa shape index (κ1) is 22.7. The highest BCUT2D eigenvalue weighted by Gasteiger charge is 2.30. The average Bonchev–Trinajstić information content (AvgIpc) is 2.64. The molecule has 1 N–H and O–H groups in total. The Morgan fingerprint density at radius 2 is 1.69 bits per heavy atom. The summed E-state index contributed by atoms with van der Waals surface area (Å²) in [5.41, 5.74) is 3.41. The third-order valence-electron chi connectivity index (χ3n) is 4.88. The third-order valence-corrected chi connectivity index (χ3v) is 6.12. The molecule has 6 nitrogen and oxygen atoms in total. The summed E-state index contributed by atoms with van der Waals surface area (Å²) >= 11 is 0. The van der Waals surface area contributed by atoms with Crippen molar-refractivity contribution in [2.75, 3.05) is 17.2 Å². The predicted octanol–water partition coefficient (Wildman–Crippen LogP) is 3.73. The number of sulfonamides is 1. The molecule has 0 unspecified atom stereocenters. The van der Waals surface area contributed by atoms with Gasteiger partial charge in [-0.15, -0.1) is 0 Å². The highest BCUT2D eigenvalue weighted by Crippen LogP contribution is 2.24. The maximum absolute atomic E-state index is 12.9. The van der Waals surface area contributed by atoms with Gasteiger partial charge in [0.2, 0.25) is 15.9 Å². The minimum absolute atomic E-state index is 0.276. The Balaban J connectivity index is 2.21. The fraction of sp³-hybridized carbons (Fsp3) is 0.409. The van der Waals surface area contributed by atoms with Gasteiger partial charge in [0.1, 0.15) is 11.8 Å². The molecule has 158 valence electrons. The normalized spacial score (nSPS) is 13.4. The van der Waals surface area contributed by atoms with Gasteiger partial charge in [-0.05, 0) is 75.6 Å². The van der Waals surface area contributed by atoms with Crippen molar-refractivity contribution >= 4 is 21.6 Å². The van der Waals surface area contributed by atoms with Gasteiger partial charge in [0.25, 0.3) is 0 Å². The van der Waals surface area contributed by atoms with Gasteiger partial charge >= 0.3 is 0 Å². The molecule has 0 aliphatic rings. The topological polar surface area (TPSA) is 75.7 Å². The maximum Gasteiger partial charge on any atom is 0.244 e. The first-order chi connectivity index (χ1) is 13.5. The summed E-state index contributed by atoms with van der Waals surface area (Å²) in [4.78, 5) is 12.9. The van der Waals surface area contributed by atoms with E-state index in [4.69, 9.17) is 4.74 Å². The van der Waals surface area contributed by atoms with Crippen LogP contribution in [-0.4, -0.2) is 33.2 Å². The van der Waals surface area contributed by atoms with Crippen molar-refractivity contribution in [3.05, 3.63) is 59.2 Å². The van der Waals surface area contributed by atoms with Gasteiger partial charge in [-0.2, -0.15) is 0 Å². The van der Waals surface area contributed by atoms with Crippen LogP contribution in [0.25, 0.3) is 0 Å². The number of benzene rings is 2. The van der Waals surface area contributed by atoms with Gasteiger partial charge in [-0.3, -0.25) is 9.10 Å². The Kier molecular flexibility index (Phi) is 7.30. The molecule has 2 atom stereocenters. The molecule has 2 aromatic rings. The number of nitrogens with zero attached hydrogens (tertiary/aromatic N) is 1. The number of carbonyl (C=O) groups excluding carboxylic acids is 1. The number of carbonyl (C=O) groups is 1. The van der Waals surface area contributed by atoms with Gasteiger partial charge in [0, 0.05) is 0 Å². The molecule has 7 heteroatoms. The number of amides is 1. The summed E-state index contributed by atoms with van der Waals surface area (Å²) in [6, 6.07) is 11.7. The summed E-state index contributed by atoms with van der Waals surface area (Å²) in [5.74, 6) is 0.399. The van der Waals surface area contributed by atoms with E-state index in [0.717, 1.165) is 28.7 Å². The zero-order chi connectivity index (χ0) is 21.8. The van der Waals surface area contributed by atoms with Crippen LogP contribution >= 0.6 is 0 Å².